The molecule has 0 bridgehead atoms. The van der Waals surface area contributed by atoms with Gasteiger partial charge in [0.1, 0.15) is 5.75 Å². The van der Waals surface area contributed by atoms with Crippen LogP contribution < -0.4 is 4.18 Å². The molecule has 1 aromatic rings. The first-order chi connectivity index (χ1) is 5.88. The third kappa shape index (κ3) is 2.98. The summed E-state index contributed by atoms with van der Waals surface area (Å²) in [5.74, 6) is -2.69. The molecule has 0 aliphatic rings. The van der Waals surface area contributed by atoms with Gasteiger partial charge in [0.25, 0.3) is 0 Å². The average molecular weight is 207 g/mol. The number of hydrogen-bond acceptors (Lipinski definition) is 3. The molecule has 0 saturated carbocycles. The summed E-state index contributed by atoms with van der Waals surface area (Å²) in [6, 6.07) is 3.39. The van der Waals surface area contributed by atoms with Crippen LogP contribution in [0, 0.1) is 17.7 Å². The molecule has 0 aromatic heterocycles. The van der Waals surface area contributed by atoms with Crippen molar-refractivity contribution in [1.82, 2.24) is 0 Å². The van der Waals surface area contributed by atoms with Crippen LogP contribution in [0.25, 0.3) is 0 Å². The normalized spacial score (nSPS) is 11.3. The minimum Gasteiger partial charge on any atom is -0.382 e. The lowest BCUT2D eigenvalue weighted by Gasteiger charge is -2.01. The summed E-state index contributed by atoms with van der Waals surface area (Å²) in [6.45, 7) is 0. The van der Waals surface area contributed by atoms with E-state index in [0.717, 1.165) is 12.3 Å². The van der Waals surface area contributed by atoms with Crippen LogP contribution in [-0.4, -0.2) is 14.7 Å². The number of rotatable bonds is 2. The first kappa shape index (κ1) is 9.91. The zero-order valence-corrected chi connectivity index (χ0v) is 7.36. The van der Waals surface area contributed by atoms with E-state index in [0.29, 0.717) is 6.07 Å². The zero-order chi connectivity index (χ0) is 10.1. The van der Waals surface area contributed by atoms with Crippen molar-refractivity contribution >= 4 is 10.1 Å². The van der Waals surface area contributed by atoms with Gasteiger partial charge in [-0.15, -0.1) is 0 Å². The van der Waals surface area contributed by atoms with E-state index in [1.165, 1.54) is 0 Å². The molecule has 0 spiro atoms. The molecule has 1 radical (unpaired) electrons. The van der Waals surface area contributed by atoms with Crippen molar-refractivity contribution < 1.29 is 21.4 Å². The summed E-state index contributed by atoms with van der Waals surface area (Å²) in [7, 11) is -3.72. The molecule has 0 heterocycles. The molecule has 71 valence electrons. The molecule has 1 rings (SSSR count). The van der Waals surface area contributed by atoms with E-state index in [9.17, 15) is 17.2 Å². The van der Waals surface area contributed by atoms with Gasteiger partial charge in [0.2, 0.25) is 0 Å². The van der Waals surface area contributed by atoms with Gasteiger partial charge in [-0.1, -0.05) is 0 Å². The van der Waals surface area contributed by atoms with E-state index >= 15 is 0 Å². The van der Waals surface area contributed by atoms with Gasteiger partial charge in [-0.2, -0.15) is 8.42 Å². The predicted octanol–water partition coefficient (Wildman–Crippen LogP) is 1.10. The molecule has 13 heavy (non-hydrogen) atoms. The summed E-state index contributed by atoms with van der Waals surface area (Å²) < 4.78 is 50.1. The van der Waals surface area contributed by atoms with Crippen LogP contribution in [0.2, 0.25) is 0 Å². The highest BCUT2D eigenvalue weighted by Gasteiger charge is 2.08. The third-order valence-electron chi connectivity index (χ3n) is 1.07. The Kier molecular flexibility index (Phi) is 2.51. The zero-order valence-electron chi connectivity index (χ0n) is 6.54. The Hall–Kier alpha value is -1.17. The van der Waals surface area contributed by atoms with E-state index in [1.54, 1.807) is 0 Å². The SMILES string of the molecule is CS(=O)(=O)Oc1c[c]c(F)c(F)c1. The second kappa shape index (κ2) is 3.29. The van der Waals surface area contributed by atoms with Gasteiger partial charge in [-0.25, -0.2) is 8.78 Å². The fraction of sp³-hybridized carbons (Fsp3) is 0.143. The van der Waals surface area contributed by atoms with Gasteiger partial charge in [-0.05, 0) is 6.07 Å². The van der Waals surface area contributed by atoms with Crippen LogP contribution in [0.3, 0.4) is 0 Å². The second-order valence-corrected chi connectivity index (χ2v) is 3.86. The third-order valence-corrected chi connectivity index (χ3v) is 1.56. The maximum atomic E-state index is 12.5. The van der Waals surface area contributed by atoms with E-state index in [2.05, 4.69) is 4.18 Å². The van der Waals surface area contributed by atoms with Crippen LogP contribution in [-0.2, 0) is 10.1 Å². The highest BCUT2D eigenvalue weighted by Crippen LogP contribution is 2.15. The molecule has 0 amide bonds. The molecule has 0 N–H and O–H groups in total. The van der Waals surface area contributed by atoms with Gasteiger partial charge < -0.3 is 4.18 Å². The summed E-state index contributed by atoms with van der Waals surface area (Å²) in [5, 5.41) is 0. The first-order valence-corrected chi connectivity index (χ1v) is 4.96. The fourth-order valence-electron chi connectivity index (χ4n) is 0.656. The highest BCUT2D eigenvalue weighted by atomic mass is 32.2. The van der Waals surface area contributed by atoms with E-state index in [4.69, 9.17) is 0 Å². The Labute approximate surface area is 74.1 Å². The number of hydrogen-bond donors (Lipinski definition) is 0. The Balaban J connectivity index is 2.99. The van der Waals surface area contributed by atoms with Crippen molar-refractivity contribution in [3.63, 3.8) is 0 Å². The summed E-state index contributed by atoms with van der Waals surface area (Å²) in [5.41, 5.74) is 0. The number of halogens is 2. The lowest BCUT2D eigenvalue weighted by atomic mass is 10.3. The van der Waals surface area contributed by atoms with Crippen LogP contribution in [0.1, 0.15) is 0 Å². The molecule has 0 saturated heterocycles. The standard InChI is InChI=1S/C7H5F2O3S/c1-13(10,11)12-5-2-3-6(8)7(9)4-5/h2,4H,1H3. The first-order valence-electron chi connectivity index (χ1n) is 3.15. The molecule has 0 atom stereocenters. The highest BCUT2D eigenvalue weighted by molar-refractivity contribution is 7.86. The summed E-state index contributed by atoms with van der Waals surface area (Å²) in [6.07, 6.45) is 0.800. The topological polar surface area (TPSA) is 43.4 Å². The minimum atomic E-state index is -3.72. The van der Waals surface area contributed by atoms with Crippen molar-refractivity contribution in [2.24, 2.45) is 0 Å². The Bertz CT molecular complexity index is 414. The Morgan fingerprint density at radius 2 is 2.08 bits per heavy atom. The lowest BCUT2D eigenvalue weighted by Crippen LogP contribution is -2.06. The predicted molar refractivity (Wildman–Crippen MR) is 40.7 cm³/mol. The average Bonchev–Trinajstić information content (AvgIpc) is 1.94. The Morgan fingerprint density at radius 3 is 2.54 bits per heavy atom. The molecule has 6 heteroatoms. The smallest absolute Gasteiger partial charge is 0.306 e. The molecule has 0 unspecified atom stereocenters. The van der Waals surface area contributed by atoms with Crippen molar-refractivity contribution in [2.45, 2.75) is 0 Å². The maximum Gasteiger partial charge on any atom is 0.306 e. The quantitative estimate of drug-likeness (QED) is 0.682. The van der Waals surface area contributed by atoms with Gasteiger partial charge in [0.15, 0.2) is 11.6 Å². The Morgan fingerprint density at radius 1 is 1.46 bits per heavy atom. The van der Waals surface area contributed by atoms with Gasteiger partial charge in [0, 0.05) is 12.1 Å². The van der Waals surface area contributed by atoms with Crippen molar-refractivity contribution in [2.75, 3.05) is 6.26 Å². The fourth-order valence-corrected chi connectivity index (χ4v) is 1.10. The van der Waals surface area contributed by atoms with Crippen LogP contribution in [0.4, 0.5) is 8.78 Å². The van der Waals surface area contributed by atoms with Gasteiger partial charge in [-0.3, -0.25) is 0 Å². The minimum absolute atomic E-state index is 0.304. The second-order valence-electron chi connectivity index (χ2n) is 2.28. The molecule has 0 aliphatic heterocycles. The van der Waals surface area contributed by atoms with E-state index in [-0.39, 0.29) is 5.75 Å². The lowest BCUT2D eigenvalue weighted by molar-refractivity contribution is 0.476. The summed E-state index contributed by atoms with van der Waals surface area (Å²) in [4.78, 5) is 0. The summed E-state index contributed by atoms with van der Waals surface area (Å²) >= 11 is 0. The maximum absolute atomic E-state index is 12.5. The van der Waals surface area contributed by atoms with Crippen molar-refractivity contribution in [3.8, 4) is 5.75 Å². The van der Waals surface area contributed by atoms with Crippen LogP contribution in [0.15, 0.2) is 12.1 Å². The van der Waals surface area contributed by atoms with E-state index in [1.807, 2.05) is 6.07 Å². The van der Waals surface area contributed by atoms with Crippen molar-refractivity contribution in [3.05, 3.63) is 29.8 Å². The monoisotopic (exact) mass is 207 g/mol. The molecule has 0 fully saturated rings. The largest absolute Gasteiger partial charge is 0.382 e. The molecule has 3 nitrogen and oxygen atoms in total. The van der Waals surface area contributed by atoms with Gasteiger partial charge >= 0.3 is 10.1 Å². The number of benzene rings is 1. The van der Waals surface area contributed by atoms with Crippen LogP contribution >= 0.6 is 0 Å². The van der Waals surface area contributed by atoms with E-state index < -0.39 is 21.8 Å². The molecule has 1 aromatic carbocycles. The van der Waals surface area contributed by atoms with Crippen molar-refractivity contribution in [1.29, 1.82) is 0 Å². The molecule has 0 aliphatic carbocycles. The molecular weight excluding hydrogens is 202 g/mol. The molecular formula is C7H5F2O3S. The van der Waals surface area contributed by atoms with Gasteiger partial charge in [0.05, 0.1) is 6.26 Å². The van der Waals surface area contributed by atoms with Crippen LogP contribution in [0.5, 0.6) is 5.75 Å².